The number of nitrogens with one attached hydrogen (secondary N) is 1. The number of benzene rings is 2. The van der Waals surface area contributed by atoms with Gasteiger partial charge < -0.3 is 10.1 Å². The maximum absolute atomic E-state index is 12.3. The van der Waals surface area contributed by atoms with Crippen molar-refractivity contribution in [1.82, 2.24) is 9.97 Å². The molecule has 1 heterocycles. The molecule has 0 spiro atoms. The molecule has 2 aromatic carbocycles. The molecule has 5 heteroatoms. The van der Waals surface area contributed by atoms with Crippen molar-refractivity contribution in [2.75, 3.05) is 0 Å². The summed E-state index contributed by atoms with van der Waals surface area (Å²) in [6.45, 7) is 0. The minimum absolute atomic E-state index is 0.0563. The van der Waals surface area contributed by atoms with Crippen LogP contribution in [-0.4, -0.2) is 20.9 Å². The van der Waals surface area contributed by atoms with E-state index in [1.165, 1.54) is 12.1 Å². The van der Waals surface area contributed by atoms with E-state index in [1.807, 2.05) is 0 Å². The third-order valence-corrected chi connectivity index (χ3v) is 2.96. The molecule has 0 fully saturated rings. The van der Waals surface area contributed by atoms with Crippen LogP contribution in [0.1, 0.15) is 16.1 Å². The molecule has 3 aromatic rings. The number of phenolic OH excluding ortho intramolecular Hbond substituents is 1. The van der Waals surface area contributed by atoms with Gasteiger partial charge in [0.15, 0.2) is 5.69 Å². The van der Waals surface area contributed by atoms with Crippen molar-refractivity contribution in [3.8, 4) is 5.75 Å². The van der Waals surface area contributed by atoms with Gasteiger partial charge in [-0.1, -0.05) is 24.3 Å². The van der Waals surface area contributed by atoms with Crippen LogP contribution in [0, 0.1) is 0 Å². The number of phenols is 1. The summed E-state index contributed by atoms with van der Waals surface area (Å²) in [4.78, 5) is 30.9. The topological polar surface area (TPSA) is 83.0 Å². The summed E-state index contributed by atoms with van der Waals surface area (Å²) in [6, 6.07) is 13.0. The maximum Gasteiger partial charge on any atom is 0.278 e. The molecule has 0 radical (unpaired) electrons. The normalized spacial score (nSPS) is 10.6. The summed E-state index contributed by atoms with van der Waals surface area (Å²) in [5.74, 6) is -0.776. The van der Waals surface area contributed by atoms with Crippen molar-refractivity contribution in [3.63, 3.8) is 0 Å². The van der Waals surface area contributed by atoms with Crippen molar-refractivity contribution in [1.29, 1.82) is 0 Å². The second-order valence-electron chi connectivity index (χ2n) is 4.28. The summed E-state index contributed by atoms with van der Waals surface area (Å²) in [7, 11) is 0. The van der Waals surface area contributed by atoms with Crippen LogP contribution in [-0.2, 0) is 0 Å². The Balaban J connectivity index is 2.20. The van der Waals surface area contributed by atoms with Gasteiger partial charge in [0.1, 0.15) is 5.75 Å². The molecule has 0 amide bonds. The van der Waals surface area contributed by atoms with Gasteiger partial charge in [0.05, 0.1) is 16.6 Å². The molecule has 1 aromatic heterocycles. The highest BCUT2D eigenvalue weighted by Gasteiger charge is 2.18. The molecule has 0 aliphatic rings. The average Bonchev–Trinajstić information content (AvgIpc) is 2.46. The molecule has 0 saturated heterocycles. The predicted molar refractivity (Wildman–Crippen MR) is 73.9 cm³/mol. The number of para-hydroxylation sites is 3. The fraction of sp³-hybridized carbons (Fsp3) is 0. The van der Waals surface area contributed by atoms with Crippen LogP contribution >= 0.6 is 0 Å². The molecule has 0 unspecified atom stereocenters. The minimum Gasteiger partial charge on any atom is -0.507 e. The highest BCUT2D eigenvalue weighted by atomic mass is 16.3. The summed E-state index contributed by atoms with van der Waals surface area (Å²) in [5.41, 5.74) is 0.333. The van der Waals surface area contributed by atoms with Crippen LogP contribution in [0.25, 0.3) is 11.0 Å². The van der Waals surface area contributed by atoms with E-state index in [4.69, 9.17) is 0 Å². The number of hydrogen-bond acceptors (Lipinski definition) is 4. The van der Waals surface area contributed by atoms with Crippen molar-refractivity contribution >= 4 is 16.8 Å². The smallest absolute Gasteiger partial charge is 0.278 e. The van der Waals surface area contributed by atoms with Crippen molar-refractivity contribution in [3.05, 3.63) is 70.1 Å². The van der Waals surface area contributed by atoms with E-state index < -0.39 is 11.3 Å². The fourth-order valence-electron chi connectivity index (χ4n) is 1.98. The molecule has 3 rings (SSSR count). The van der Waals surface area contributed by atoms with Gasteiger partial charge in [-0.05, 0) is 24.3 Å². The number of ketones is 1. The lowest BCUT2D eigenvalue weighted by Gasteiger charge is -2.03. The van der Waals surface area contributed by atoms with Gasteiger partial charge in [0.25, 0.3) is 5.56 Å². The highest BCUT2D eigenvalue weighted by Crippen LogP contribution is 2.18. The first-order valence-electron chi connectivity index (χ1n) is 5.98. The zero-order valence-electron chi connectivity index (χ0n) is 10.3. The van der Waals surface area contributed by atoms with E-state index in [0.29, 0.717) is 11.0 Å². The third kappa shape index (κ3) is 1.95. The zero-order valence-corrected chi connectivity index (χ0v) is 10.3. The number of carbonyl (C=O) groups is 1. The summed E-state index contributed by atoms with van der Waals surface area (Å²) in [5, 5.41) is 9.69. The molecule has 0 aliphatic heterocycles. The molecule has 20 heavy (non-hydrogen) atoms. The molecular weight excluding hydrogens is 256 g/mol. The van der Waals surface area contributed by atoms with Gasteiger partial charge in [0, 0.05) is 0 Å². The Morgan fingerprint density at radius 1 is 1.05 bits per heavy atom. The number of hydrogen-bond donors (Lipinski definition) is 2. The SMILES string of the molecule is O=C(c1ccccc1O)c1nc2ccccc2[nH]c1=O. The number of fused-ring (bicyclic) bond motifs is 1. The van der Waals surface area contributed by atoms with Gasteiger partial charge in [-0.25, -0.2) is 4.98 Å². The van der Waals surface area contributed by atoms with Crippen LogP contribution in [0.2, 0.25) is 0 Å². The van der Waals surface area contributed by atoms with E-state index in [-0.39, 0.29) is 17.0 Å². The number of H-pyrrole nitrogens is 1. The highest BCUT2D eigenvalue weighted by molar-refractivity contribution is 6.09. The van der Waals surface area contributed by atoms with Crippen LogP contribution in [0.4, 0.5) is 0 Å². The first-order valence-corrected chi connectivity index (χ1v) is 5.98. The maximum atomic E-state index is 12.3. The summed E-state index contributed by atoms with van der Waals surface area (Å²) < 4.78 is 0. The number of aromatic hydroxyl groups is 1. The molecule has 5 nitrogen and oxygen atoms in total. The van der Waals surface area contributed by atoms with E-state index in [0.717, 1.165) is 0 Å². The third-order valence-electron chi connectivity index (χ3n) is 2.96. The van der Waals surface area contributed by atoms with Gasteiger partial charge in [-0.3, -0.25) is 9.59 Å². The number of aromatic nitrogens is 2. The van der Waals surface area contributed by atoms with E-state index in [9.17, 15) is 14.7 Å². The lowest BCUT2D eigenvalue weighted by molar-refractivity contribution is 0.103. The molecule has 0 atom stereocenters. The van der Waals surface area contributed by atoms with Crippen LogP contribution in [0.3, 0.4) is 0 Å². The molecular formula is C15H10N2O3. The van der Waals surface area contributed by atoms with E-state index >= 15 is 0 Å². The summed E-state index contributed by atoms with van der Waals surface area (Å²) in [6.07, 6.45) is 0. The second kappa shape index (κ2) is 4.62. The van der Waals surface area contributed by atoms with E-state index in [1.54, 1.807) is 36.4 Å². The second-order valence-corrected chi connectivity index (χ2v) is 4.28. The number of nitrogens with zero attached hydrogens (tertiary/aromatic N) is 1. The summed E-state index contributed by atoms with van der Waals surface area (Å²) >= 11 is 0. The van der Waals surface area contributed by atoms with Gasteiger partial charge in [-0.2, -0.15) is 0 Å². The number of aromatic amines is 1. The molecule has 98 valence electrons. The van der Waals surface area contributed by atoms with Gasteiger partial charge >= 0.3 is 0 Å². The fourth-order valence-corrected chi connectivity index (χ4v) is 1.98. The van der Waals surface area contributed by atoms with E-state index in [2.05, 4.69) is 9.97 Å². The minimum atomic E-state index is -0.602. The van der Waals surface area contributed by atoms with Crippen molar-refractivity contribution in [2.24, 2.45) is 0 Å². The predicted octanol–water partition coefficient (Wildman–Crippen LogP) is 1.86. The zero-order chi connectivity index (χ0) is 14.1. The Kier molecular flexibility index (Phi) is 2.80. The standard InChI is InChI=1S/C15H10N2O3/c18-12-8-4-1-5-9(12)14(19)13-15(20)17-11-7-3-2-6-10(11)16-13/h1-8,18H,(H,17,20). The van der Waals surface area contributed by atoms with Crippen LogP contribution < -0.4 is 5.56 Å². The Morgan fingerprint density at radius 2 is 1.75 bits per heavy atom. The average molecular weight is 266 g/mol. The first kappa shape index (κ1) is 12.1. The monoisotopic (exact) mass is 266 g/mol. The lowest BCUT2D eigenvalue weighted by atomic mass is 10.1. The number of carbonyl (C=O) groups excluding carboxylic acids is 1. The number of rotatable bonds is 2. The van der Waals surface area contributed by atoms with Gasteiger partial charge in [0.2, 0.25) is 5.78 Å². The molecule has 2 N–H and O–H groups in total. The van der Waals surface area contributed by atoms with Crippen molar-refractivity contribution < 1.29 is 9.90 Å². The largest absolute Gasteiger partial charge is 0.507 e. The Labute approximate surface area is 113 Å². The Hall–Kier alpha value is -2.95. The first-order chi connectivity index (χ1) is 9.66. The van der Waals surface area contributed by atoms with Crippen LogP contribution in [0.15, 0.2) is 53.3 Å². The van der Waals surface area contributed by atoms with Crippen molar-refractivity contribution in [2.45, 2.75) is 0 Å². The molecule has 0 saturated carbocycles. The van der Waals surface area contributed by atoms with Crippen LogP contribution in [0.5, 0.6) is 5.75 Å². The Bertz CT molecular complexity index is 868. The quantitative estimate of drug-likeness (QED) is 0.693. The Morgan fingerprint density at radius 3 is 2.55 bits per heavy atom. The van der Waals surface area contributed by atoms with Gasteiger partial charge in [-0.15, -0.1) is 0 Å². The lowest BCUT2D eigenvalue weighted by Crippen LogP contribution is -2.20. The molecule has 0 bridgehead atoms. The molecule has 0 aliphatic carbocycles.